The van der Waals surface area contributed by atoms with E-state index in [1.165, 1.54) is 5.56 Å². The molecule has 0 saturated carbocycles. The van der Waals surface area contributed by atoms with Crippen molar-refractivity contribution in [2.75, 3.05) is 0 Å². The molecule has 0 amide bonds. The van der Waals surface area contributed by atoms with Crippen molar-refractivity contribution in [3.8, 4) is 0 Å². The molecule has 1 heteroatoms. The Balaban J connectivity index is 2.85. The van der Waals surface area contributed by atoms with Crippen LogP contribution < -0.4 is 0 Å². The molecule has 0 aliphatic carbocycles. The van der Waals surface area contributed by atoms with Crippen LogP contribution in [0.5, 0.6) is 0 Å². The van der Waals surface area contributed by atoms with Crippen molar-refractivity contribution >= 4 is 0 Å². The molecule has 0 fully saturated rings. The molecule has 0 aliphatic rings. The lowest BCUT2D eigenvalue weighted by molar-refractivity contribution is 0.855. The Morgan fingerprint density at radius 1 is 1.56 bits per heavy atom. The second-order valence-electron chi connectivity index (χ2n) is 2.36. The predicted molar refractivity (Wildman–Crippen MR) is 37.2 cm³/mol. The Labute approximate surface area is 55.7 Å². The van der Waals surface area contributed by atoms with Crippen LogP contribution in [0.1, 0.15) is 25.3 Å². The van der Waals surface area contributed by atoms with E-state index in [1.54, 1.807) is 6.20 Å². The number of rotatable bonds is 1. The summed E-state index contributed by atoms with van der Waals surface area (Å²) in [6.45, 7) is 4.26. The Kier molecular flexibility index (Phi) is 1.83. The van der Waals surface area contributed by atoms with Crippen molar-refractivity contribution in [2.45, 2.75) is 19.8 Å². The molecule has 0 aliphatic heterocycles. The van der Waals surface area contributed by atoms with E-state index in [0.29, 0.717) is 5.92 Å². The fourth-order valence-electron chi connectivity index (χ4n) is 0.660. The Bertz CT molecular complexity index is 167. The Morgan fingerprint density at radius 2 is 2.33 bits per heavy atom. The van der Waals surface area contributed by atoms with Crippen LogP contribution in [0.15, 0.2) is 18.3 Å². The molecule has 0 atom stereocenters. The van der Waals surface area contributed by atoms with Gasteiger partial charge in [-0.25, -0.2) is 0 Å². The number of nitrogens with zero attached hydrogens (tertiary/aromatic N) is 1. The highest BCUT2D eigenvalue weighted by atomic mass is 14.6. The third-order valence-electron chi connectivity index (χ3n) is 1.25. The number of aromatic nitrogens is 1. The second-order valence-corrected chi connectivity index (χ2v) is 2.36. The topological polar surface area (TPSA) is 12.9 Å². The van der Waals surface area contributed by atoms with Crippen LogP contribution >= 0.6 is 0 Å². The molecule has 47 valence electrons. The van der Waals surface area contributed by atoms with E-state index in [1.807, 2.05) is 12.1 Å². The fraction of sp³-hybridized carbons (Fsp3) is 0.375. The smallest absolute Gasteiger partial charge is 0.0923 e. The van der Waals surface area contributed by atoms with Gasteiger partial charge in [0.25, 0.3) is 0 Å². The first kappa shape index (κ1) is 6.27. The van der Waals surface area contributed by atoms with Crippen LogP contribution in [0.2, 0.25) is 0 Å². The molecule has 0 N–H and O–H groups in total. The number of pyridine rings is 1. The first-order valence-corrected chi connectivity index (χ1v) is 3.13. The minimum absolute atomic E-state index is 0.540. The molecule has 1 rings (SSSR count). The monoisotopic (exact) mass is 120 g/mol. The van der Waals surface area contributed by atoms with Crippen LogP contribution in [0, 0.1) is 6.20 Å². The summed E-state index contributed by atoms with van der Waals surface area (Å²) < 4.78 is 0. The molecule has 1 radical (unpaired) electrons. The molecule has 1 nitrogen and oxygen atoms in total. The lowest BCUT2D eigenvalue weighted by Crippen LogP contribution is -1.86. The number of hydrogen-bond donors (Lipinski definition) is 0. The van der Waals surface area contributed by atoms with Crippen molar-refractivity contribution in [1.82, 2.24) is 4.98 Å². The molecule has 0 saturated heterocycles. The predicted octanol–water partition coefficient (Wildman–Crippen LogP) is 2.01. The van der Waals surface area contributed by atoms with Crippen LogP contribution in [-0.4, -0.2) is 4.98 Å². The van der Waals surface area contributed by atoms with Gasteiger partial charge in [-0.2, -0.15) is 0 Å². The highest BCUT2D eigenvalue weighted by Crippen LogP contribution is 2.09. The van der Waals surface area contributed by atoms with Gasteiger partial charge in [0.1, 0.15) is 0 Å². The normalized spacial score (nSPS) is 10.1. The molecule has 0 bridgehead atoms. The van der Waals surface area contributed by atoms with Gasteiger partial charge in [0.15, 0.2) is 0 Å². The molecular weight excluding hydrogens is 110 g/mol. The van der Waals surface area contributed by atoms with Gasteiger partial charge in [-0.05, 0) is 17.5 Å². The van der Waals surface area contributed by atoms with Gasteiger partial charge in [-0.15, -0.1) is 0 Å². The van der Waals surface area contributed by atoms with Crippen molar-refractivity contribution in [3.63, 3.8) is 0 Å². The molecule has 9 heavy (non-hydrogen) atoms. The summed E-state index contributed by atoms with van der Waals surface area (Å²) in [5, 5.41) is 0. The molecule has 0 unspecified atom stereocenters. The summed E-state index contributed by atoms with van der Waals surface area (Å²) >= 11 is 0. The van der Waals surface area contributed by atoms with Crippen molar-refractivity contribution in [1.29, 1.82) is 0 Å². The molecule has 1 aromatic rings. The van der Waals surface area contributed by atoms with Gasteiger partial charge in [0.2, 0.25) is 0 Å². The third kappa shape index (κ3) is 1.53. The molecule has 1 heterocycles. The Hall–Kier alpha value is -0.850. The number of hydrogen-bond acceptors (Lipinski definition) is 1. The van der Waals surface area contributed by atoms with Crippen LogP contribution in [0.4, 0.5) is 0 Å². The third-order valence-corrected chi connectivity index (χ3v) is 1.25. The van der Waals surface area contributed by atoms with Gasteiger partial charge in [-0.1, -0.05) is 19.9 Å². The summed E-state index contributed by atoms with van der Waals surface area (Å²) in [4.78, 5) is 3.88. The van der Waals surface area contributed by atoms with Crippen molar-refractivity contribution in [2.24, 2.45) is 0 Å². The molecular formula is C8H10N. The quantitative estimate of drug-likeness (QED) is 0.552. The van der Waals surface area contributed by atoms with E-state index in [2.05, 4.69) is 25.0 Å². The maximum atomic E-state index is 3.88. The van der Waals surface area contributed by atoms with Gasteiger partial charge < -0.3 is 0 Å². The zero-order valence-electron chi connectivity index (χ0n) is 5.76. The van der Waals surface area contributed by atoms with E-state index < -0.39 is 0 Å². The van der Waals surface area contributed by atoms with Gasteiger partial charge >= 0.3 is 0 Å². The molecule has 1 aromatic heterocycles. The lowest BCUT2D eigenvalue weighted by atomic mass is 10.1. The summed E-state index contributed by atoms with van der Waals surface area (Å²) in [5.41, 5.74) is 1.18. The van der Waals surface area contributed by atoms with Gasteiger partial charge in [0, 0.05) is 6.20 Å². The van der Waals surface area contributed by atoms with Crippen LogP contribution in [-0.2, 0) is 0 Å². The van der Waals surface area contributed by atoms with E-state index in [0.717, 1.165) is 0 Å². The minimum Gasteiger partial charge on any atom is -0.254 e. The summed E-state index contributed by atoms with van der Waals surface area (Å²) in [6, 6.07) is 3.98. The zero-order valence-corrected chi connectivity index (χ0v) is 5.76. The zero-order chi connectivity index (χ0) is 6.69. The van der Waals surface area contributed by atoms with Crippen LogP contribution in [0.25, 0.3) is 0 Å². The molecule has 0 aromatic carbocycles. The maximum Gasteiger partial charge on any atom is 0.0923 e. The SMILES string of the molecule is CC(C)c1[c]nccc1. The first-order chi connectivity index (χ1) is 4.30. The summed E-state index contributed by atoms with van der Waals surface area (Å²) in [5.74, 6) is 0.540. The average Bonchev–Trinajstić information content (AvgIpc) is 1.90. The first-order valence-electron chi connectivity index (χ1n) is 3.13. The largest absolute Gasteiger partial charge is 0.254 e. The van der Waals surface area contributed by atoms with Gasteiger partial charge in [-0.3, -0.25) is 4.98 Å². The van der Waals surface area contributed by atoms with Crippen molar-refractivity contribution in [3.05, 3.63) is 30.1 Å². The minimum atomic E-state index is 0.540. The summed E-state index contributed by atoms with van der Waals surface area (Å²) in [6.07, 6.45) is 4.66. The van der Waals surface area contributed by atoms with Gasteiger partial charge in [0.05, 0.1) is 6.20 Å². The summed E-state index contributed by atoms with van der Waals surface area (Å²) in [7, 11) is 0. The molecule has 0 spiro atoms. The van der Waals surface area contributed by atoms with E-state index >= 15 is 0 Å². The van der Waals surface area contributed by atoms with E-state index in [9.17, 15) is 0 Å². The fourth-order valence-corrected chi connectivity index (χ4v) is 0.660. The van der Waals surface area contributed by atoms with E-state index in [4.69, 9.17) is 0 Å². The lowest BCUT2D eigenvalue weighted by Gasteiger charge is -1.99. The highest BCUT2D eigenvalue weighted by Gasteiger charge is 1.95. The van der Waals surface area contributed by atoms with Crippen molar-refractivity contribution < 1.29 is 0 Å². The second kappa shape index (κ2) is 2.62. The van der Waals surface area contributed by atoms with E-state index in [-0.39, 0.29) is 0 Å². The highest BCUT2D eigenvalue weighted by molar-refractivity contribution is 5.10. The average molecular weight is 120 g/mol. The Morgan fingerprint density at radius 3 is 2.67 bits per heavy atom. The maximum absolute atomic E-state index is 3.88. The van der Waals surface area contributed by atoms with Crippen LogP contribution in [0.3, 0.4) is 0 Å². The standard InChI is InChI=1S/C8H10N/c1-7(2)8-4-3-5-9-6-8/h3-5,7H,1-2H3.